The molecule has 0 unspecified atom stereocenters. The molecule has 4 rings (SSSR count). The van der Waals surface area contributed by atoms with E-state index in [9.17, 15) is 24.1 Å². The molecule has 1 N–H and O–H groups in total. The van der Waals surface area contributed by atoms with Gasteiger partial charge in [-0.3, -0.25) is 14.9 Å². The summed E-state index contributed by atoms with van der Waals surface area (Å²) in [4.78, 5) is 38.4. The molecule has 0 aliphatic rings. The van der Waals surface area contributed by atoms with Crippen LogP contribution in [0.3, 0.4) is 0 Å². The molecule has 0 bridgehead atoms. The number of benzene rings is 3. The molecule has 172 valence electrons. The van der Waals surface area contributed by atoms with Gasteiger partial charge < -0.3 is 14.5 Å². The maximum atomic E-state index is 13.9. The van der Waals surface area contributed by atoms with Gasteiger partial charge in [-0.25, -0.2) is 9.18 Å². The molecule has 3 aromatic carbocycles. The number of nitro benzene ring substituents is 1. The van der Waals surface area contributed by atoms with Crippen molar-refractivity contribution in [1.29, 1.82) is 0 Å². The van der Waals surface area contributed by atoms with Crippen LogP contribution in [0.25, 0.3) is 10.9 Å². The summed E-state index contributed by atoms with van der Waals surface area (Å²) in [5, 5.41) is 15.8. The van der Waals surface area contributed by atoms with Gasteiger partial charge in [0, 0.05) is 17.2 Å². The monoisotopic (exact) mass is 464 g/mol. The molecule has 0 saturated heterocycles. The Labute approximate surface area is 190 Å². The van der Waals surface area contributed by atoms with Crippen molar-refractivity contribution in [2.24, 2.45) is 5.10 Å². The highest BCUT2D eigenvalue weighted by molar-refractivity contribution is 5.83. The normalized spacial score (nSPS) is 11.1. The number of H-pyrrole nitrogens is 1. The van der Waals surface area contributed by atoms with E-state index < -0.39 is 27.7 Å². The van der Waals surface area contributed by atoms with E-state index in [4.69, 9.17) is 9.47 Å². The van der Waals surface area contributed by atoms with Crippen molar-refractivity contribution >= 4 is 22.8 Å². The number of methoxy groups -OCH3 is 1. The number of nitrogens with one attached hydrogen (secondary N) is 1. The Hall–Kier alpha value is -4.80. The Morgan fingerprint density at radius 1 is 1.15 bits per heavy atom. The first-order valence-corrected chi connectivity index (χ1v) is 9.90. The Kier molecular flexibility index (Phi) is 6.17. The lowest BCUT2D eigenvalue weighted by molar-refractivity contribution is -0.386. The van der Waals surface area contributed by atoms with Gasteiger partial charge in [-0.05, 0) is 24.3 Å². The molecular formula is C23H17FN4O6. The lowest BCUT2D eigenvalue weighted by atomic mass is 10.1. The van der Waals surface area contributed by atoms with Crippen molar-refractivity contribution < 1.29 is 18.8 Å². The van der Waals surface area contributed by atoms with E-state index in [1.165, 1.54) is 37.4 Å². The highest BCUT2D eigenvalue weighted by Gasteiger charge is 2.22. The number of rotatable bonds is 7. The van der Waals surface area contributed by atoms with Gasteiger partial charge in [0.15, 0.2) is 5.75 Å². The number of nitro groups is 1. The van der Waals surface area contributed by atoms with Crippen molar-refractivity contribution in [3.05, 3.63) is 109 Å². The molecule has 0 amide bonds. The molecule has 4 aromatic rings. The molecule has 0 spiro atoms. The molecular weight excluding hydrogens is 447 g/mol. The molecule has 10 nitrogen and oxygen atoms in total. The van der Waals surface area contributed by atoms with Gasteiger partial charge in [-0.1, -0.05) is 30.3 Å². The minimum atomic E-state index is -0.772. The number of hydrogen-bond acceptors (Lipinski definition) is 7. The van der Waals surface area contributed by atoms with Crippen molar-refractivity contribution in [2.45, 2.75) is 6.61 Å². The van der Waals surface area contributed by atoms with Crippen LogP contribution >= 0.6 is 0 Å². The van der Waals surface area contributed by atoms with Crippen LogP contribution in [0.15, 0.2) is 75.4 Å². The highest BCUT2D eigenvalue weighted by Crippen LogP contribution is 2.38. The number of nitrogens with zero attached hydrogens (tertiary/aromatic N) is 3. The minimum absolute atomic E-state index is 0.00763. The maximum Gasteiger partial charge on any atom is 0.349 e. The van der Waals surface area contributed by atoms with Gasteiger partial charge in [0.1, 0.15) is 12.4 Å². The van der Waals surface area contributed by atoms with E-state index in [0.29, 0.717) is 10.2 Å². The van der Waals surface area contributed by atoms with Crippen LogP contribution in [-0.4, -0.2) is 27.9 Å². The van der Waals surface area contributed by atoms with Crippen LogP contribution in [0, 0.1) is 15.9 Å². The Bertz CT molecular complexity index is 1540. The first kappa shape index (κ1) is 22.4. The van der Waals surface area contributed by atoms with Crippen molar-refractivity contribution in [3.8, 4) is 11.5 Å². The highest BCUT2D eigenvalue weighted by atomic mass is 19.1. The SMILES string of the molecule is COc1cc(C=Nn2c(=O)[nH]c3ccccc3c2=O)cc([N+](=O)[O-])c1OCc1ccccc1F. The van der Waals surface area contributed by atoms with Gasteiger partial charge >= 0.3 is 11.4 Å². The number of hydrogen-bond donors (Lipinski definition) is 1. The lowest BCUT2D eigenvalue weighted by Crippen LogP contribution is -2.32. The molecule has 1 aromatic heterocycles. The fourth-order valence-electron chi connectivity index (χ4n) is 3.26. The number of fused-ring (bicyclic) bond motifs is 1. The van der Waals surface area contributed by atoms with Gasteiger partial charge in [0.2, 0.25) is 5.75 Å². The quantitative estimate of drug-likeness (QED) is 0.254. The zero-order chi connectivity index (χ0) is 24.2. The third kappa shape index (κ3) is 4.39. The zero-order valence-corrected chi connectivity index (χ0v) is 17.7. The average molecular weight is 464 g/mol. The van der Waals surface area contributed by atoms with Gasteiger partial charge in [0.05, 0.1) is 29.2 Å². The van der Waals surface area contributed by atoms with Gasteiger partial charge in [0.25, 0.3) is 5.56 Å². The molecule has 0 fully saturated rings. The van der Waals surface area contributed by atoms with Crippen LogP contribution < -0.4 is 20.7 Å². The first-order chi connectivity index (χ1) is 16.4. The standard InChI is InChI=1S/C23H17FN4O6/c1-33-20-11-14(12-25-27-22(29)16-7-3-5-9-18(16)26-23(27)30)10-19(28(31)32)21(20)34-13-15-6-2-4-8-17(15)24/h2-12H,13H2,1H3,(H,26,30). The maximum absolute atomic E-state index is 13.9. The molecule has 1 heterocycles. The van der Waals surface area contributed by atoms with E-state index in [0.717, 1.165) is 12.3 Å². The molecule has 0 atom stereocenters. The van der Waals surface area contributed by atoms with E-state index in [2.05, 4.69) is 10.1 Å². The topological polar surface area (TPSA) is 129 Å². The summed E-state index contributed by atoms with van der Waals surface area (Å²) in [6.45, 7) is -0.265. The molecule has 0 radical (unpaired) electrons. The average Bonchev–Trinajstić information content (AvgIpc) is 2.83. The van der Waals surface area contributed by atoms with Gasteiger partial charge in [-0.2, -0.15) is 5.10 Å². The van der Waals surface area contributed by atoms with Crippen LogP contribution in [0.4, 0.5) is 10.1 Å². The Balaban J connectivity index is 1.72. The first-order valence-electron chi connectivity index (χ1n) is 9.90. The number of ether oxygens (including phenoxy) is 2. The second kappa shape index (κ2) is 9.36. The third-order valence-corrected chi connectivity index (χ3v) is 4.91. The van der Waals surface area contributed by atoms with Crippen molar-refractivity contribution in [2.75, 3.05) is 7.11 Å². The zero-order valence-electron chi connectivity index (χ0n) is 17.7. The number of aromatic amines is 1. The van der Waals surface area contributed by atoms with Crippen molar-refractivity contribution in [3.63, 3.8) is 0 Å². The second-order valence-corrected chi connectivity index (χ2v) is 7.05. The summed E-state index contributed by atoms with van der Waals surface area (Å²) in [7, 11) is 1.29. The van der Waals surface area contributed by atoms with Crippen LogP contribution in [-0.2, 0) is 6.61 Å². The minimum Gasteiger partial charge on any atom is -0.493 e. The second-order valence-electron chi connectivity index (χ2n) is 7.05. The summed E-state index contributed by atoms with van der Waals surface area (Å²) in [6.07, 6.45) is 1.11. The van der Waals surface area contributed by atoms with Crippen LogP contribution in [0.2, 0.25) is 0 Å². The van der Waals surface area contributed by atoms with Crippen LogP contribution in [0.1, 0.15) is 11.1 Å². The summed E-state index contributed by atoms with van der Waals surface area (Å²) < 4.78 is 25.3. The van der Waals surface area contributed by atoms with Crippen LogP contribution in [0.5, 0.6) is 11.5 Å². The molecule has 11 heteroatoms. The number of para-hydroxylation sites is 1. The van der Waals surface area contributed by atoms with E-state index in [1.54, 1.807) is 24.3 Å². The fourth-order valence-corrected chi connectivity index (χ4v) is 3.26. The summed E-state index contributed by atoms with van der Waals surface area (Å²) in [5.74, 6) is -0.723. The fraction of sp³-hybridized carbons (Fsp3) is 0.0870. The van der Waals surface area contributed by atoms with E-state index in [-0.39, 0.29) is 34.6 Å². The summed E-state index contributed by atoms with van der Waals surface area (Å²) >= 11 is 0. The molecule has 0 saturated carbocycles. The van der Waals surface area contributed by atoms with E-state index >= 15 is 0 Å². The predicted molar refractivity (Wildman–Crippen MR) is 122 cm³/mol. The largest absolute Gasteiger partial charge is 0.493 e. The summed E-state index contributed by atoms with van der Waals surface area (Å²) in [6, 6.07) is 14.8. The number of halogens is 1. The van der Waals surface area contributed by atoms with E-state index in [1.807, 2.05) is 0 Å². The van der Waals surface area contributed by atoms with Gasteiger partial charge in [-0.15, -0.1) is 4.68 Å². The Morgan fingerprint density at radius 2 is 1.88 bits per heavy atom. The van der Waals surface area contributed by atoms with Crippen molar-refractivity contribution in [1.82, 2.24) is 9.66 Å². The Morgan fingerprint density at radius 3 is 2.62 bits per heavy atom. The molecule has 34 heavy (non-hydrogen) atoms. The molecule has 0 aliphatic carbocycles. The predicted octanol–water partition coefficient (Wildman–Crippen LogP) is 3.21. The lowest BCUT2D eigenvalue weighted by Gasteiger charge is -2.12. The smallest absolute Gasteiger partial charge is 0.349 e. The molecule has 0 aliphatic heterocycles. The summed E-state index contributed by atoms with van der Waals surface area (Å²) in [5.41, 5.74) is -1.15. The third-order valence-electron chi connectivity index (χ3n) is 4.91. The number of aromatic nitrogens is 2.